The van der Waals surface area contributed by atoms with Crippen molar-refractivity contribution in [2.45, 2.75) is 12.5 Å². The zero-order valence-electron chi connectivity index (χ0n) is 8.24. The molecule has 0 amide bonds. The second-order valence-corrected chi connectivity index (χ2v) is 3.47. The lowest BCUT2D eigenvalue weighted by Gasteiger charge is -2.12. The quantitative estimate of drug-likeness (QED) is 0.773. The molecule has 0 bridgehead atoms. The summed E-state index contributed by atoms with van der Waals surface area (Å²) in [6.07, 6.45) is 0.00437. The Kier molecular flexibility index (Phi) is 3.94. The Morgan fingerprint density at radius 2 is 2.33 bits per heavy atom. The van der Waals surface area contributed by atoms with E-state index < -0.39 is 12.0 Å². The van der Waals surface area contributed by atoms with Gasteiger partial charge in [-0.2, -0.15) is 0 Å². The highest BCUT2D eigenvalue weighted by Crippen LogP contribution is 2.31. The maximum absolute atomic E-state index is 11.0. The average molecular weight is 230 g/mol. The number of carbonyl (C=O) groups is 1. The van der Waals surface area contributed by atoms with E-state index in [2.05, 4.69) is 4.74 Å². The highest BCUT2D eigenvalue weighted by Gasteiger charge is 2.16. The molecule has 0 saturated heterocycles. The second-order valence-electron chi connectivity index (χ2n) is 3.06. The first kappa shape index (κ1) is 11.8. The van der Waals surface area contributed by atoms with Crippen LogP contribution in [-0.2, 0) is 9.53 Å². The lowest BCUT2D eigenvalue weighted by molar-refractivity contribution is -0.141. The number of nitrogens with two attached hydrogens (primary N) is 1. The maximum atomic E-state index is 11.0. The van der Waals surface area contributed by atoms with E-state index in [0.717, 1.165) is 0 Å². The molecule has 0 unspecified atom stereocenters. The lowest BCUT2D eigenvalue weighted by Crippen LogP contribution is -2.16. The molecule has 3 N–H and O–H groups in total. The largest absolute Gasteiger partial charge is 0.506 e. The summed E-state index contributed by atoms with van der Waals surface area (Å²) in [4.78, 5) is 11.0. The van der Waals surface area contributed by atoms with Crippen LogP contribution in [0.2, 0.25) is 5.02 Å². The van der Waals surface area contributed by atoms with Gasteiger partial charge in [-0.05, 0) is 6.07 Å². The molecule has 1 aromatic carbocycles. The zero-order valence-corrected chi connectivity index (χ0v) is 8.99. The van der Waals surface area contributed by atoms with Crippen LogP contribution in [0, 0.1) is 0 Å². The molecule has 4 nitrogen and oxygen atoms in total. The molecule has 0 saturated carbocycles. The van der Waals surface area contributed by atoms with Crippen molar-refractivity contribution in [2.24, 2.45) is 5.73 Å². The maximum Gasteiger partial charge on any atom is 0.307 e. The van der Waals surface area contributed by atoms with Gasteiger partial charge in [-0.25, -0.2) is 0 Å². The van der Waals surface area contributed by atoms with Gasteiger partial charge in [0.25, 0.3) is 0 Å². The number of phenols is 1. The fourth-order valence-electron chi connectivity index (χ4n) is 1.20. The summed E-state index contributed by atoms with van der Waals surface area (Å²) >= 11 is 5.71. The Morgan fingerprint density at radius 3 is 2.93 bits per heavy atom. The predicted molar refractivity (Wildman–Crippen MR) is 56.7 cm³/mol. The Balaban J connectivity index is 2.86. The number of esters is 1. The number of halogens is 1. The van der Waals surface area contributed by atoms with Crippen molar-refractivity contribution < 1.29 is 14.6 Å². The average Bonchev–Trinajstić information content (AvgIpc) is 2.21. The Morgan fingerprint density at radius 1 is 1.67 bits per heavy atom. The minimum Gasteiger partial charge on any atom is -0.506 e. The molecule has 0 aliphatic rings. The SMILES string of the molecule is COC(=O)C[C@@H](N)c1cccc(Cl)c1O. The van der Waals surface area contributed by atoms with Gasteiger partial charge in [-0.3, -0.25) is 4.79 Å². The Hall–Kier alpha value is -1.26. The molecule has 0 aliphatic heterocycles. The molecular weight excluding hydrogens is 218 g/mol. The number of hydrogen-bond donors (Lipinski definition) is 2. The van der Waals surface area contributed by atoms with E-state index in [-0.39, 0.29) is 17.2 Å². The van der Waals surface area contributed by atoms with Crippen LogP contribution in [0.4, 0.5) is 0 Å². The van der Waals surface area contributed by atoms with Gasteiger partial charge in [0.15, 0.2) is 0 Å². The Bertz CT molecular complexity index is 368. The first-order valence-corrected chi connectivity index (χ1v) is 4.73. The van der Waals surface area contributed by atoms with Gasteiger partial charge in [-0.15, -0.1) is 0 Å². The minimum absolute atomic E-state index is 0.00437. The van der Waals surface area contributed by atoms with Crippen molar-refractivity contribution in [3.63, 3.8) is 0 Å². The summed E-state index contributed by atoms with van der Waals surface area (Å²) in [6.45, 7) is 0. The molecule has 0 aliphatic carbocycles. The van der Waals surface area contributed by atoms with Gasteiger partial charge in [-0.1, -0.05) is 23.7 Å². The fourth-order valence-corrected chi connectivity index (χ4v) is 1.39. The van der Waals surface area contributed by atoms with Crippen LogP contribution in [-0.4, -0.2) is 18.2 Å². The number of aromatic hydroxyl groups is 1. The van der Waals surface area contributed by atoms with E-state index in [1.165, 1.54) is 7.11 Å². The standard InChI is InChI=1S/C10H12ClNO3/c1-15-9(13)5-8(12)6-3-2-4-7(11)10(6)14/h2-4,8,14H,5,12H2,1H3/t8-/m1/s1. The molecule has 0 heterocycles. The van der Waals surface area contributed by atoms with Crippen LogP contribution >= 0.6 is 11.6 Å². The first-order valence-electron chi connectivity index (χ1n) is 4.36. The molecule has 1 aromatic rings. The van der Waals surface area contributed by atoms with E-state index in [4.69, 9.17) is 17.3 Å². The molecule has 0 radical (unpaired) electrons. The summed E-state index contributed by atoms with van der Waals surface area (Å²) in [6, 6.07) is 4.21. The van der Waals surface area contributed by atoms with E-state index in [9.17, 15) is 9.90 Å². The van der Waals surface area contributed by atoms with E-state index in [1.807, 2.05) is 0 Å². The molecule has 15 heavy (non-hydrogen) atoms. The van der Waals surface area contributed by atoms with E-state index in [0.29, 0.717) is 5.56 Å². The lowest BCUT2D eigenvalue weighted by atomic mass is 10.0. The minimum atomic E-state index is -0.615. The van der Waals surface area contributed by atoms with Gasteiger partial charge in [0, 0.05) is 11.6 Å². The number of methoxy groups -OCH3 is 1. The summed E-state index contributed by atoms with van der Waals surface area (Å²) < 4.78 is 4.48. The number of para-hydroxylation sites is 1. The smallest absolute Gasteiger partial charge is 0.307 e. The third-order valence-corrected chi connectivity index (χ3v) is 2.34. The van der Waals surface area contributed by atoms with E-state index in [1.54, 1.807) is 18.2 Å². The van der Waals surface area contributed by atoms with E-state index >= 15 is 0 Å². The number of rotatable bonds is 3. The molecule has 5 heteroatoms. The number of hydrogen-bond acceptors (Lipinski definition) is 4. The van der Waals surface area contributed by atoms with Crippen LogP contribution in [0.25, 0.3) is 0 Å². The van der Waals surface area contributed by atoms with Gasteiger partial charge < -0.3 is 15.6 Å². The first-order chi connectivity index (χ1) is 7.06. The highest BCUT2D eigenvalue weighted by molar-refractivity contribution is 6.32. The number of carbonyl (C=O) groups excluding carboxylic acids is 1. The van der Waals surface area contributed by atoms with Crippen molar-refractivity contribution in [1.82, 2.24) is 0 Å². The third kappa shape index (κ3) is 2.84. The molecule has 82 valence electrons. The van der Waals surface area contributed by atoms with Gasteiger partial charge in [0.1, 0.15) is 5.75 Å². The molecular formula is C10H12ClNO3. The molecule has 1 rings (SSSR count). The fraction of sp³-hybridized carbons (Fsp3) is 0.300. The van der Waals surface area contributed by atoms with Gasteiger partial charge in [0.05, 0.1) is 18.6 Å². The van der Waals surface area contributed by atoms with Gasteiger partial charge >= 0.3 is 5.97 Å². The molecule has 1 atom stereocenters. The van der Waals surface area contributed by atoms with Crippen molar-refractivity contribution in [2.75, 3.05) is 7.11 Å². The summed E-state index contributed by atoms with van der Waals surface area (Å²) in [7, 11) is 1.28. The second kappa shape index (κ2) is 5.00. The van der Waals surface area contributed by atoms with Crippen molar-refractivity contribution in [3.8, 4) is 5.75 Å². The zero-order chi connectivity index (χ0) is 11.4. The Labute approximate surface area is 92.6 Å². The van der Waals surface area contributed by atoms with Crippen molar-refractivity contribution in [3.05, 3.63) is 28.8 Å². The highest BCUT2D eigenvalue weighted by atomic mass is 35.5. The van der Waals surface area contributed by atoms with Gasteiger partial charge in [0.2, 0.25) is 0 Å². The summed E-state index contributed by atoms with van der Waals surface area (Å²) in [5, 5.41) is 9.81. The number of ether oxygens (including phenoxy) is 1. The van der Waals surface area contributed by atoms with Crippen molar-refractivity contribution in [1.29, 1.82) is 0 Å². The number of benzene rings is 1. The van der Waals surface area contributed by atoms with Crippen LogP contribution in [0.15, 0.2) is 18.2 Å². The molecule has 0 spiro atoms. The van der Waals surface area contributed by atoms with Crippen LogP contribution in [0.3, 0.4) is 0 Å². The molecule has 0 fully saturated rings. The topological polar surface area (TPSA) is 72.5 Å². The van der Waals surface area contributed by atoms with Crippen LogP contribution in [0.5, 0.6) is 5.75 Å². The summed E-state index contributed by atoms with van der Waals surface area (Å²) in [5.41, 5.74) is 6.16. The number of phenolic OH excluding ortho intramolecular Hbond substituents is 1. The normalized spacial score (nSPS) is 12.2. The summed E-state index contributed by atoms with van der Waals surface area (Å²) in [5.74, 6) is -0.516. The van der Waals surface area contributed by atoms with Crippen molar-refractivity contribution >= 4 is 17.6 Å². The van der Waals surface area contributed by atoms with Crippen LogP contribution < -0.4 is 5.73 Å². The third-order valence-electron chi connectivity index (χ3n) is 2.03. The molecule has 0 aromatic heterocycles. The predicted octanol–water partition coefficient (Wildman–Crippen LogP) is 1.61. The van der Waals surface area contributed by atoms with Crippen LogP contribution in [0.1, 0.15) is 18.0 Å². The monoisotopic (exact) mass is 229 g/mol.